The van der Waals surface area contributed by atoms with Crippen molar-refractivity contribution < 1.29 is 20.1 Å². The number of phenolic OH excluding ortho intramolecular Hbond substituents is 3. The normalized spacial score (nSPS) is 10.0. The maximum absolute atomic E-state index is 11.8. The summed E-state index contributed by atoms with van der Waals surface area (Å²) < 4.78 is 0. The fraction of sp³-hybridized carbons (Fsp3) is 0. The average Bonchev–Trinajstić information content (AvgIpc) is 2.35. The van der Waals surface area contributed by atoms with Crippen LogP contribution in [-0.4, -0.2) is 21.2 Å². The Kier molecular flexibility index (Phi) is 3.05. The Hall–Kier alpha value is -2.69. The summed E-state index contributed by atoms with van der Waals surface area (Å²) in [6, 6.07) is 9.59. The zero-order chi connectivity index (χ0) is 13.1. The maximum Gasteiger partial charge on any atom is 0.259 e. The standard InChI is InChI=1S/C13H11NO4/c15-9-3-1-8(2-4-9)14-13(18)11-7-10(16)5-6-12(11)17/h1-7,15-17H,(H,14,18). The SMILES string of the molecule is O=C(Nc1ccc(O)cc1)c1cc(O)ccc1O. The molecule has 5 nitrogen and oxygen atoms in total. The number of carbonyl (C=O) groups is 1. The van der Waals surface area contributed by atoms with Crippen molar-refractivity contribution in [1.82, 2.24) is 0 Å². The molecule has 0 atom stereocenters. The smallest absolute Gasteiger partial charge is 0.259 e. The van der Waals surface area contributed by atoms with Crippen LogP contribution in [0.2, 0.25) is 0 Å². The first kappa shape index (κ1) is 11.8. The van der Waals surface area contributed by atoms with Gasteiger partial charge >= 0.3 is 0 Å². The summed E-state index contributed by atoms with van der Waals surface area (Å²) >= 11 is 0. The summed E-state index contributed by atoms with van der Waals surface area (Å²) in [5, 5.41) is 30.4. The monoisotopic (exact) mass is 245 g/mol. The third kappa shape index (κ3) is 2.52. The van der Waals surface area contributed by atoms with Gasteiger partial charge in [0.2, 0.25) is 0 Å². The van der Waals surface area contributed by atoms with Crippen LogP contribution < -0.4 is 5.32 Å². The lowest BCUT2D eigenvalue weighted by Gasteiger charge is -2.07. The van der Waals surface area contributed by atoms with E-state index in [1.165, 1.54) is 42.5 Å². The number of hydrogen-bond acceptors (Lipinski definition) is 4. The highest BCUT2D eigenvalue weighted by molar-refractivity contribution is 6.06. The minimum absolute atomic E-state index is 0.0249. The summed E-state index contributed by atoms with van der Waals surface area (Å²) in [4.78, 5) is 11.8. The Balaban J connectivity index is 2.21. The van der Waals surface area contributed by atoms with Crippen LogP contribution >= 0.6 is 0 Å². The molecule has 1 amide bonds. The largest absolute Gasteiger partial charge is 0.508 e. The molecular weight excluding hydrogens is 234 g/mol. The Morgan fingerprint density at radius 2 is 1.50 bits per heavy atom. The van der Waals surface area contributed by atoms with E-state index in [0.29, 0.717) is 5.69 Å². The lowest BCUT2D eigenvalue weighted by molar-refractivity contribution is 0.102. The van der Waals surface area contributed by atoms with Gasteiger partial charge < -0.3 is 20.6 Å². The molecule has 2 rings (SSSR count). The minimum Gasteiger partial charge on any atom is -0.508 e. The molecule has 0 radical (unpaired) electrons. The first-order valence-electron chi connectivity index (χ1n) is 5.18. The van der Waals surface area contributed by atoms with Gasteiger partial charge in [0.05, 0.1) is 5.56 Å². The van der Waals surface area contributed by atoms with Gasteiger partial charge in [0.1, 0.15) is 17.2 Å². The third-order valence-corrected chi connectivity index (χ3v) is 2.35. The van der Waals surface area contributed by atoms with E-state index in [2.05, 4.69) is 5.32 Å². The molecule has 0 unspecified atom stereocenters. The predicted octanol–water partition coefficient (Wildman–Crippen LogP) is 2.06. The number of rotatable bonds is 2. The molecule has 0 aliphatic carbocycles. The van der Waals surface area contributed by atoms with E-state index in [9.17, 15) is 15.0 Å². The number of carbonyl (C=O) groups excluding carboxylic acids is 1. The summed E-state index contributed by atoms with van der Waals surface area (Å²) in [7, 11) is 0. The molecule has 92 valence electrons. The average molecular weight is 245 g/mol. The van der Waals surface area contributed by atoms with Crippen molar-refractivity contribution in [3.63, 3.8) is 0 Å². The topological polar surface area (TPSA) is 89.8 Å². The molecule has 18 heavy (non-hydrogen) atoms. The van der Waals surface area contributed by atoms with E-state index in [-0.39, 0.29) is 22.8 Å². The van der Waals surface area contributed by atoms with Crippen LogP contribution in [0, 0.1) is 0 Å². The van der Waals surface area contributed by atoms with E-state index in [1.807, 2.05) is 0 Å². The summed E-state index contributed by atoms with van der Waals surface area (Å²) in [5.41, 5.74) is 0.448. The Labute approximate surface area is 103 Å². The predicted molar refractivity (Wildman–Crippen MR) is 65.8 cm³/mol. The van der Waals surface area contributed by atoms with E-state index >= 15 is 0 Å². The van der Waals surface area contributed by atoms with Crippen molar-refractivity contribution in [2.45, 2.75) is 0 Å². The van der Waals surface area contributed by atoms with Crippen LogP contribution in [0.3, 0.4) is 0 Å². The molecule has 0 saturated carbocycles. The van der Waals surface area contributed by atoms with Crippen molar-refractivity contribution in [2.75, 3.05) is 5.32 Å². The highest BCUT2D eigenvalue weighted by Crippen LogP contribution is 2.23. The lowest BCUT2D eigenvalue weighted by Crippen LogP contribution is -2.11. The second-order valence-electron chi connectivity index (χ2n) is 3.70. The van der Waals surface area contributed by atoms with Gasteiger partial charge in [-0.1, -0.05) is 0 Å². The highest BCUT2D eigenvalue weighted by atomic mass is 16.3. The van der Waals surface area contributed by atoms with Gasteiger partial charge in [0.25, 0.3) is 5.91 Å². The highest BCUT2D eigenvalue weighted by Gasteiger charge is 2.12. The van der Waals surface area contributed by atoms with E-state index < -0.39 is 5.91 Å². The molecule has 0 fully saturated rings. The number of hydrogen-bond donors (Lipinski definition) is 4. The number of phenols is 3. The van der Waals surface area contributed by atoms with Gasteiger partial charge in [-0.3, -0.25) is 4.79 Å². The quantitative estimate of drug-likeness (QED) is 0.609. The first-order chi connectivity index (χ1) is 8.56. The molecule has 4 N–H and O–H groups in total. The molecular formula is C13H11NO4. The second kappa shape index (κ2) is 4.67. The Morgan fingerprint density at radius 1 is 0.889 bits per heavy atom. The molecule has 0 saturated heterocycles. The Morgan fingerprint density at radius 3 is 2.17 bits per heavy atom. The van der Waals surface area contributed by atoms with Crippen molar-refractivity contribution in [1.29, 1.82) is 0 Å². The molecule has 5 heteroatoms. The van der Waals surface area contributed by atoms with Crippen molar-refractivity contribution >= 4 is 11.6 Å². The fourth-order valence-corrected chi connectivity index (χ4v) is 1.45. The van der Waals surface area contributed by atoms with E-state index in [1.54, 1.807) is 0 Å². The zero-order valence-electron chi connectivity index (χ0n) is 9.29. The molecule has 0 spiro atoms. The number of amides is 1. The molecule has 0 aliphatic heterocycles. The summed E-state index contributed by atoms with van der Waals surface area (Å²) in [6.45, 7) is 0. The molecule has 0 aromatic heterocycles. The van der Waals surface area contributed by atoms with E-state index in [0.717, 1.165) is 0 Å². The lowest BCUT2D eigenvalue weighted by atomic mass is 10.1. The van der Waals surface area contributed by atoms with Crippen LogP contribution in [0.4, 0.5) is 5.69 Å². The summed E-state index contributed by atoms with van der Waals surface area (Å²) in [5.74, 6) is -0.782. The van der Waals surface area contributed by atoms with Crippen LogP contribution in [0.1, 0.15) is 10.4 Å². The van der Waals surface area contributed by atoms with Crippen molar-refractivity contribution in [3.05, 3.63) is 48.0 Å². The zero-order valence-corrected chi connectivity index (χ0v) is 9.29. The minimum atomic E-state index is -0.547. The number of nitrogens with one attached hydrogen (secondary N) is 1. The number of aromatic hydroxyl groups is 3. The maximum atomic E-state index is 11.8. The molecule has 0 heterocycles. The van der Waals surface area contributed by atoms with Crippen molar-refractivity contribution in [2.24, 2.45) is 0 Å². The van der Waals surface area contributed by atoms with Gasteiger partial charge in [-0.15, -0.1) is 0 Å². The summed E-state index contributed by atoms with van der Waals surface area (Å²) in [6.07, 6.45) is 0. The number of anilines is 1. The molecule has 0 bridgehead atoms. The van der Waals surface area contributed by atoms with Crippen LogP contribution in [0.15, 0.2) is 42.5 Å². The van der Waals surface area contributed by atoms with Crippen LogP contribution in [0.25, 0.3) is 0 Å². The molecule has 0 aliphatic rings. The Bertz CT molecular complexity index is 578. The van der Waals surface area contributed by atoms with Crippen LogP contribution in [0.5, 0.6) is 17.2 Å². The second-order valence-corrected chi connectivity index (χ2v) is 3.70. The van der Waals surface area contributed by atoms with E-state index in [4.69, 9.17) is 5.11 Å². The molecule has 2 aromatic carbocycles. The van der Waals surface area contributed by atoms with Gasteiger partial charge in [-0.25, -0.2) is 0 Å². The van der Waals surface area contributed by atoms with Gasteiger partial charge in [0.15, 0.2) is 0 Å². The van der Waals surface area contributed by atoms with Gasteiger partial charge in [0, 0.05) is 5.69 Å². The van der Waals surface area contributed by atoms with Crippen molar-refractivity contribution in [3.8, 4) is 17.2 Å². The molecule has 2 aromatic rings. The third-order valence-electron chi connectivity index (χ3n) is 2.35. The number of benzene rings is 2. The van der Waals surface area contributed by atoms with Crippen LogP contribution in [-0.2, 0) is 0 Å². The first-order valence-corrected chi connectivity index (χ1v) is 5.18. The van der Waals surface area contributed by atoms with Gasteiger partial charge in [-0.05, 0) is 42.5 Å². The fourth-order valence-electron chi connectivity index (χ4n) is 1.45. The van der Waals surface area contributed by atoms with Gasteiger partial charge in [-0.2, -0.15) is 0 Å².